The third-order valence-electron chi connectivity index (χ3n) is 2.56. The molecule has 0 saturated carbocycles. The number of rotatable bonds is 5. The van der Waals surface area contributed by atoms with Gasteiger partial charge in [-0.25, -0.2) is 0 Å². The minimum absolute atomic E-state index is 0.134. The molecule has 1 aromatic carbocycles. The highest BCUT2D eigenvalue weighted by Crippen LogP contribution is 2.20. The Morgan fingerprint density at radius 3 is 2.07 bits per heavy atom. The summed E-state index contributed by atoms with van der Waals surface area (Å²) in [5.41, 5.74) is 7.97. The number of benzene rings is 1. The molecule has 2 N–H and O–H groups in total. The molecule has 0 spiro atoms. The maximum atomic E-state index is 5.55. The van der Waals surface area contributed by atoms with Gasteiger partial charge in [-0.1, -0.05) is 38.1 Å². The molecule has 0 aromatic heterocycles. The first-order valence-electron chi connectivity index (χ1n) is 5.56. The van der Waals surface area contributed by atoms with Crippen molar-refractivity contribution >= 4 is 0 Å². The van der Waals surface area contributed by atoms with Crippen LogP contribution in [0.5, 0.6) is 0 Å². The molecule has 0 heterocycles. The van der Waals surface area contributed by atoms with Gasteiger partial charge in [-0.2, -0.15) is 0 Å². The fourth-order valence-corrected chi connectivity index (χ4v) is 1.49. The molecular weight excluding hydrogens is 186 g/mol. The zero-order chi connectivity index (χ0) is 11.3. The number of nitrogens with two attached hydrogens (primary N) is 1. The summed E-state index contributed by atoms with van der Waals surface area (Å²) in [6.07, 6.45) is 0.134. The van der Waals surface area contributed by atoms with Gasteiger partial charge in [-0.3, -0.25) is 0 Å². The second kappa shape index (κ2) is 5.89. The second-order valence-electron chi connectivity index (χ2n) is 4.12. The first-order valence-corrected chi connectivity index (χ1v) is 5.56. The van der Waals surface area contributed by atoms with E-state index in [9.17, 15) is 0 Å². The molecule has 2 nitrogen and oxygen atoms in total. The molecule has 1 atom stereocenters. The average Bonchev–Trinajstić information content (AvgIpc) is 2.26. The van der Waals surface area contributed by atoms with E-state index in [1.807, 2.05) is 0 Å². The lowest BCUT2D eigenvalue weighted by Crippen LogP contribution is -2.10. The smallest absolute Gasteiger partial charge is 0.0797 e. The van der Waals surface area contributed by atoms with E-state index >= 15 is 0 Å². The van der Waals surface area contributed by atoms with Crippen molar-refractivity contribution in [3.05, 3.63) is 35.4 Å². The van der Waals surface area contributed by atoms with Crippen LogP contribution >= 0.6 is 0 Å². The third kappa shape index (κ3) is 3.65. The Labute approximate surface area is 92.4 Å². The molecule has 0 amide bonds. The summed E-state index contributed by atoms with van der Waals surface area (Å²) >= 11 is 0. The highest BCUT2D eigenvalue weighted by molar-refractivity contribution is 5.25. The normalized spacial score (nSPS) is 13.1. The van der Waals surface area contributed by atoms with Gasteiger partial charge in [0.15, 0.2) is 0 Å². The monoisotopic (exact) mass is 207 g/mol. The van der Waals surface area contributed by atoms with Crippen LogP contribution in [-0.4, -0.2) is 13.2 Å². The Balaban J connectivity index is 2.62. The van der Waals surface area contributed by atoms with E-state index in [1.165, 1.54) is 11.1 Å². The highest BCUT2D eigenvalue weighted by Gasteiger charge is 2.05. The van der Waals surface area contributed by atoms with Crippen molar-refractivity contribution in [1.29, 1.82) is 0 Å². The van der Waals surface area contributed by atoms with Crippen molar-refractivity contribution in [3.63, 3.8) is 0 Å². The van der Waals surface area contributed by atoms with Crippen molar-refractivity contribution in [2.45, 2.75) is 32.8 Å². The zero-order valence-corrected chi connectivity index (χ0v) is 9.86. The summed E-state index contributed by atoms with van der Waals surface area (Å²) in [5.74, 6) is 0.583. The standard InChI is InChI=1S/C13H21NO/c1-10(2)12-4-6-13(7-5-12)11(3)15-9-8-14/h4-7,10-11H,8-9,14H2,1-3H3. The molecule has 84 valence electrons. The predicted molar refractivity (Wildman–Crippen MR) is 64.0 cm³/mol. The second-order valence-corrected chi connectivity index (χ2v) is 4.12. The van der Waals surface area contributed by atoms with Gasteiger partial charge in [0.05, 0.1) is 12.7 Å². The Kier molecular flexibility index (Phi) is 4.79. The molecule has 0 aliphatic carbocycles. The lowest BCUT2D eigenvalue weighted by molar-refractivity contribution is 0.0718. The first-order chi connectivity index (χ1) is 7.15. The van der Waals surface area contributed by atoms with Gasteiger partial charge >= 0.3 is 0 Å². The van der Waals surface area contributed by atoms with E-state index < -0.39 is 0 Å². The Hall–Kier alpha value is -0.860. The Morgan fingerprint density at radius 2 is 1.60 bits per heavy atom. The molecule has 0 saturated heterocycles. The summed E-state index contributed by atoms with van der Waals surface area (Å²) in [5, 5.41) is 0. The largest absolute Gasteiger partial charge is 0.373 e. The van der Waals surface area contributed by atoms with E-state index in [-0.39, 0.29) is 6.10 Å². The molecule has 0 aliphatic rings. The van der Waals surface area contributed by atoms with Crippen molar-refractivity contribution < 1.29 is 4.74 Å². The van der Waals surface area contributed by atoms with Crippen LogP contribution in [0.1, 0.15) is 43.9 Å². The van der Waals surface area contributed by atoms with Crippen molar-refractivity contribution in [2.24, 2.45) is 5.73 Å². The predicted octanol–water partition coefficient (Wildman–Crippen LogP) is 2.85. The number of hydrogen-bond acceptors (Lipinski definition) is 2. The maximum Gasteiger partial charge on any atom is 0.0797 e. The molecule has 1 aromatic rings. The molecule has 0 bridgehead atoms. The van der Waals surface area contributed by atoms with E-state index in [1.54, 1.807) is 0 Å². The quantitative estimate of drug-likeness (QED) is 0.805. The fraction of sp³-hybridized carbons (Fsp3) is 0.538. The lowest BCUT2D eigenvalue weighted by atomic mass is 10.0. The average molecular weight is 207 g/mol. The summed E-state index contributed by atoms with van der Waals surface area (Å²) in [6, 6.07) is 8.61. The molecule has 0 radical (unpaired) electrons. The van der Waals surface area contributed by atoms with Crippen LogP contribution in [-0.2, 0) is 4.74 Å². The Bertz CT molecular complexity index is 279. The van der Waals surface area contributed by atoms with Gasteiger partial charge in [0.1, 0.15) is 0 Å². The number of ether oxygens (including phenoxy) is 1. The van der Waals surface area contributed by atoms with Crippen LogP contribution in [0.25, 0.3) is 0 Å². The minimum atomic E-state index is 0.134. The van der Waals surface area contributed by atoms with Gasteiger partial charge < -0.3 is 10.5 Å². The first kappa shape index (κ1) is 12.2. The van der Waals surface area contributed by atoms with Gasteiger partial charge in [-0.15, -0.1) is 0 Å². The van der Waals surface area contributed by atoms with Gasteiger partial charge in [0.25, 0.3) is 0 Å². The van der Waals surface area contributed by atoms with Crippen molar-refractivity contribution in [3.8, 4) is 0 Å². The van der Waals surface area contributed by atoms with E-state index in [0.717, 1.165) is 0 Å². The molecule has 1 rings (SSSR count). The molecule has 1 unspecified atom stereocenters. The van der Waals surface area contributed by atoms with Crippen LogP contribution in [0.4, 0.5) is 0 Å². The summed E-state index contributed by atoms with van der Waals surface area (Å²) in [6.45, 7) is 7.65. The van der Waals surface area contributed by atoms with Gasteiger partial charge in [0.2, 0.25) is 0 Å². The van der Waals surface area contributed by atoms with Crippen LogP contribution in [0.2, 0.25) is 0 Å². The molecule has 2 heteroatoms. The SMILES string of the molecule is CC(C)c1ccc(C(C)OCCN)cc1. The summed E-state index contributed by atoms with van der Waals surface area (Å²) in [4.78, 5) is 0. The topological polar surface area (TPSA) is 35.2 Å². The highest BCUT2D eigenvalue weighted by atomic mass is 16.5. The van der Waals surface area contributed by atoms with Crippen LogP contribution in [0.3, 0.4) is 0 Å². The maximum absolute atomic E-state index is 5.55. The Morgan fingerprint density at radius 1 is 1.07 bits per heavy atom. The van der Waals surface area contributed by atoms with Crippen LogP contribution in [0.15, 0.2) is 24.3 Å². The molecular formula is C13H21NO. The van der Waals surface area contributed by atoms with Crippen LogP contribution in [0, 0.1) is 0 Å². The lowest BCUT2D eigenvalue weighted by Gasteiger charge is -2.14. The number of hydrogen-bond donors (Lipinski definition) is 1. The van der Waals surface area contributed by atoms with Gasteiger partial charge in [-0.05, 0) is 24.0 Å². The van der Waals surface area contributed by atoms with Crippen molar-refractivity contribution in [2.75, 3.05) is 13.2 Å². The zero-order valence-electron chi connectivity index (χ0n) is 9.86. The minimum Gasteiger partial charge on any atom is -0.373 e. The molecule has 0 fully saturated rings. The summed E-state index contributed by atoms with van der Waals surface area (Å²) < 4.78 is 5.55. The molecule has 0 aliphatic heterocycles. The van der Waals surface area contributed by atoms with Crippen molar-refractivity contribution in [1.82, 2.24) is 0 Å². The fourth-order valence-electron chi connectivity index (χ4n) is 1.49. The van der Waals surface area contributed by atoms with E-state index in [2.05, 4.69) is 45.0 Å². The van der Waals surface area contributed by atoms with Crippen LogP contribution < -0.4 is 5.73 Å². The van der Waals surface area contributed by atoms with E-state index in [0.29, 0.717) is 19.1 Å². The van der Waals surface area contributed by atoms with E-state index in [4.69, 9.17) is 10.5 Å². The summed E-state index contributed by atoms with van der Waals surface area (Å²) in [7, 11) is 0. The third-order valence-corrected chi connectivity index (χ3v) is 2.56. The molecule has 15 heavy (non-hydrogen) atoms. The van der Waals surface area contributed by atoms with Gasteiger partial charge in [0, 0.05) is 6.54 Å².